The second kappa shape index (κ2) is 12.6. The fourth-order valence-corrected chi connectivity index (χ4v) is 3.22. The van der Waals surface area contributed by atoms with Crippen LogP contribution in [0.25, 0.3) is 0 Å². The standard InChI is InChI=1S/C24H33N3O7/c1-24(2,3)34-22(31)25-12-8-7-11-20(21(29)30)26-18-13-19(28)15-27(14-18)23(32)33-16-17-9-5-4-6-10-17/h4-6,9-10,13,20,26H,7-8,11-12,14-16H2,1-3H3,(H,25,31)(H,29,30)/t20-/m0/s1. The van der Waals surface area contributed by atoms with Crippen molar-refractivity contribution < 1.29 is 33.8 Å². The van der Waals surface area contributed by atoms with Gasteiger partial charge in [-0.3, -0.25) is 9.69 Å². The monoisotopic (exact) mass is 475 g/mol. The number of carboxylic acid groups (broad SMARTS) is 1. The third kappa shape index (κ3) is 9.93. The molecule has 0 fully saturated rings. The van der Waals surface area contributed by atoms with Gasteiger partial charge in [0.05, 0.1) is 13.1 Å². The number of ketones is 1. The largest absolute Gasteiger partial charge is 0.480 e. The van der Waals surface area contributed by atoms with E-state index in [1.54, 1.807) is 20.8 Å². The number of nitrogens with one attached hydrogen (secondary N) is 2. The van der Waals surface area contributed by atoms with Crippen LogP contribution in [0.1, 0.15) is 45.6 Å². The normalized spacial score (nSPS) is 14.6. The van der Waals surface area contributed by atoms with Crippen LogP contribution in [0.3, 0.4) is 0 Å². The fraction of sp³-hybridized carbons (Fsp3) is 0.500. The molecular weight excluding hydrogens is 442 g/mol. The molecule has 1 atom stereocenters. The van der Waals surface area contributed by atoms with Gasteiger partial charge in [0.25, 0.3) is 0 Å². The average Bonchev–Trinajstić information content (AvgIpc) is 2.75. The van der Waals surface area contributed by atoms with Gasteiger partial charge in [-0.1, -0.05) is 30.3 Å². The molecule has 0 bridgehead atoms. The van der Waals surface area contributed by atoms with Gasteiger partial charge in [-0.25, -0.2) is 14.4 Å². The number of hydrogen-bond acceptors (Lipinski definition) is 7. The Hall–Kier alpha value is -3.56. The van der Waals surface area contributed by atoms with E-state index in [2.05, 4.69) is 10.6 Å². The molecule has 186 valence electrons. The first-order valence-electron chi connectivity index (χ1n) is 11.2. The highest BCUT2D eigenvalue weighted by Crippen LogP contribution is 2.12. The number of carbonyl (C=O) groups excluding carboxylic acids is 3. The highest BCUT2D eigenvalue weighted by Gasteiger charge is 2.27. The van der Waals surface area contributed by atoms with Gasteiger partial charge in [-0.05, 0) is 45.6 Å². The van der Waals surface area contributed by atoms with Crippen LogP contribution in [0.2, 0.25) is 0 Å². The van der Waals surface area contributed by atoms with E-state index in [0.29, 0.717) is 25.1 Å². The Morgan fingerprint density at radius 3 is 2.47 bits per heavy atom. The second-order valence-electron chi connectivity index (χ2n) is 8.99. The summed E-state index contributed by atoms with van der Waals surface area (Å²) in [6.07, 6.45) is 1.50. The van der Waals surface area contributed by atoms with Gasteiger partial charge in [0.2, 0.25) is 0 Å². The van der Waals surface area contributed by atoms with Crippen LogP contribution in [0.5, 0.6) is 0 Å². The number of ether oxygens (including phenoxy) is 2. The van der Waals surface area contributed by atoms with Gasteiger partial charge in [0.1, 0.15) is 18.2 Å². The predicted molar refractivity (Wildman–Crippen MR) is 124 cm³/mol. The molecule has 2 rings (SSSR count). The van der Waals surface area contributed by atoms with E-state index in [9.17, 15) is 24.3 Å². The maximum Gasteiger partial charge on any atom is 0.410 e. The van der Waals surface area contributed by atoms with Gasteiger partial charge >= 0.3 is 18.2 Å². The lowest BCUT2D eigenvalue weighted by Gasteiger charge is -2.28. The third-order valence-corrected chi connectivity index (χ3v) is 4.75. The van der Waals surface area contributed by atoms with Gasteiger partial charge in [0, 0.05) is 18.3 Å². The molecule has 1 heterocycles. The second-order valence-corrected chi connectivity index (χ2v) is 8.99. The molecule has 0 radical (unpaired) electrons. The molecular formula is C24H33N3O7. The van der Waals surface area contributed by atoms with E-state index in [0.717, 1.165) is 5.56 Å². The van der Waals surface area contributed by atoms with Crippen molar-refractivity contribution in [2.24, 2.45) is 0 Å². The van der Waals surface area contributed by atoms with Crippen LogP contribution < -0.4 is 10.6 Å². The van der Waals surface area contributed by atoms with Gasteiger partial charge < -0.3 is 25.2 Å². The van der Waals surface area contributed by atoms with Crippen molar-refractivity contribution in [2.75, 3.05) is 19.6 Å². The minimum absolute atomic E-state index is 0.0450. The fourth-order valence-electron chi connectivity index (χ4n) is 3.22. The van der Waals surface area contributed by atoms with Crippen molar-refractivity contribution in [2.45, 2.75) is 58.3 Å². The lowest BCUT2D eigenvalue weighted by molar-refractivity contribution is -0.139. The van der Waals surface area contributed by atoms with Crippen LogP contribution in [0, 0.1) is 0 Å². The molecule has 10 heteroatoms. The third-order valence-electron chi connectivity index (χ3n) is 4.75. The van der Waals surface area contributed by atoms with E-state index in [1.807, 2.05) is 30.3 Å². The maximum atomic E-state index is 12.4. The molecule has 2 amide bonds. The maximum absolute atomic E-state index is 12.4. The molecule has 0 saturated heterocycles. The molecule has 3 N–H and O–H groups in total. The lowest BCUT2D eigenvalue weighted by atomic mass is 10.1. The Balaban J connectivity index is 1.80. The van der Waals surface area contributed by atoms with Gasteiger partial charge in [-0.15, -0.1) is 0 Å². The molecule has 0 spiro atoms. The Labute approximate surface area is 199 Å². The summed E-state index contributed by atoms with van der Waals surface area (Å²) in [5, 5.41) is 15.0. The first kappa shape index (κ1) is 26.7. The van der Waals surface area contributed by atoms with Crippen molar-refractivity contribution >= 4 is 23.9 Å². The Morgan fingerprint density at radius 2 is 1.82 bits per heavy atom. The number of alkyl carbamates (subject to hydrolysis) is 1. The molecule has 0 unspecified atom stereocenters. The van der Waals surface area contributed by atoms with Crippen molar-refractivity contribution in [1.82, 2.24) is 15.5 Å². The first-order valence-corrected chi connectivity index (χ1v) is 11.2. The molecule has 1 aliphatic rings. The quantitative estimate of drug-likeness (QED) is 0.440. The molecule has 0 saturated carbocycles. The van der Waals surface area contributed by atoms with Crippen LogP contribution >= 0.6 is 0 Å². The Morgan fingerprint density at radius 1 is 1.12 bits per heavy atom. The average molecular weight is 476 g/mol. The van der Waals surface area contributed by atoms with E-state index in [4.69, 9.17) is 9.47 Å². The van der Waals surface area contributed by atoms with Crippen molar-refractivity contribution in [3.63, 3.8) is 0 Å². The minimum atomic E-state index is -1.07. The van der Waals surface area contributed by atoms with E-state index >= 15 is 0 Å². The zero-order valence-corrected chi connectivity index (χ0v) is 19.8. The number of rotatable bonds is 10. The number of benzene rings is 1. The van der Waals surface area contributed by atoms with Crippen LogP contribution in [0.15, 0.2) is 42.1 Å². The van der Waals surface area contributed by atoms with Crippen LogP contribution in [-0.4, -0.2) is 65.2 Å². The Kier molecular flexibility index (Phi) is 9.91. The van der Waals surface area contributed by atoms with Crippen LogP contribution in [0.4, 0.5) is 9.59 Å². The number of unbranched alkanes of at least 4 members (excludes halogenated alkanes) is 1. The highest BCUT2D eigenvalue weighted by molar-refractivity contribution is 5.95. The minimum Gasteiger partial charge on any atom is -0.480 e. The number of carboxylic acids is 1. The SMILES string of the molecule is CC(C)(C)OC(=O)NCCCC[C@H](NC1=CC(=O)CN(C(=O)OCc2ccccc2)C1)C(=O)O. The lowest BCUT2D eigenvalue weighted by Crippen LogP contribution is -2.46. The van der Waals surface area contributed by atoms with Gasteiger partial charge in [0.15, 0.2) is 5.78 Å². The molecule has 1 aromatic rings. The van der Waals surface area contributed by atoms with Crippen LogP contribution in [-0.2, 0) is 25.7 Å². The number of hydrogen-bond donors (Lipinski definition) is 3. The predicted octanol–water partition coefficient (Wildman–Crippen LogP) is 2.83. The first-order chi connectivity index (χ1) is 16.0. The summed E-state index contributed by atoms with van der Waals surface area (Å²) in [6, 6.07) is 8.22. The summed E-state index contributed by atoms with van der Waals surface area (Å²) in [7, 11) is 0. The summed E-state index contributed by atoms with van der Waals surface area (Å²) in [6.45, 7) is 5.64. The molecule has 0 aliphatic carbocycles. The van der Waals surface area contributed by atoms with Gasteiger partial charge in [-0.2, -0.15) is 0 Å². The summed E-state index contributed by atoms with van der Waals surface area (Å²) in [5.41, 5.74) is 0.572. The van der Waals surface area contributed by atoms with Crippen molar-refractivity contribution in [1.29, 1.82) is 0 Å². The Bertz CT molecular complexity index is 894. The molecule has 0 aromatic heterocycles. The summed E-state index contributed by atoms with van der Waals surface area (Å²) >= 11 is 0. The highest BCUT2D eigenvalue weighted by atomic mass is 16.6. The zero-order valence-electron chi connectivity index (χ0n) is 19.8. The number of carbonyl (C=O) groups is 4. The summed E-state index contributed by atoms with van der Waals surface area (Å²) in [5.74, 6) is -1.40. The summed E-state index contributed by atoms with van der Waals surface area (Å²) in [4.78, 5) is 49.1. The topological polar surface area (TPSA) is 134 Å². The number of amides is 2. The molecule has 34 heavy (non-hydrogen) atoms. The number of nitrogens with zero attached hydrogens (tertiary/aromatic N) is 1. The molecule has 10 nitrogen and oxygen atoms in total. The van der Waals surface area contributed by atoms with Crippen molar-refractivity contribution in [3.8, 4) is 0 Å². The van der Waals surface area contributed by atoms with E-state index in [-0.39, 0.29) is 31.9 Å². The van der Waals surface area contributed by atoms with E-state index in [1.165, 1.54) is 11.0 Å². The number of aliphatic carboxylic acids is 1. The van der Waals surface area contributed by atoms with Crippen molar-refractivity contribution in [3.05, 3.63) is 47.7 Å². The molecule has 1 aromatic carbocycles. The molecule has 1 aliphatic heterocycles. The zero-order chi connectivity index (χ0) is 25.1. The van der Waals surface area contributed by atoms with E-state index < -0.39 is 29.8 Å². The smallest absolute Gasteiger partial charge is 0.410 e. The summed E-state index contributed by atoms with van der Waals surface area (Å²) < 4.78 is 10.4.